The summed E-state index contributed by atoms with van der Waals surface area (Å²) in [6.07, 6.45) is 0. The largest absolute Gasteiger partial charge is 0.463 e. The Bertz CT molecular complexity index is 327. The van der Waals surface area contributed by atoms with Crippen molar-refractivity contribution in [1.29, 1.82) is 0 Å². The average molecular weight is 175 g/mol. The van der Waals surface area contributed by atoms with Crippen molar-refractivity contribution in [3.05, 3.63) is 47.3 Å². The highest BCUT2D eigenvalue weighted by molar-refractivity contribution is 5.79. The summed E-state index contributed by atoms with van der Waals surface area (Å²) in [5.41, 5.74) is 0.671. The smallest absolute Gasteiger partial charge is 0.395 e. The van der Waals surface area contributed by atoms with Gasteiger partial charge in [-0.25, -0.2) is 11.4 Å². The van der Waals surface area contributed by atoms with Crippen LogP contribution in [0.15, 0.2) is 30.3 Å². The second-order valence-corrected chi connectivity index (χ2v) is 2.47. The third-order valence-corrected chi connectivity index (χ3v) is 1.67. The SMILES string of the molecule is [C-]#[N+]C(C(=O)OC)c1ccccc1. The van der Waals surface area contributed by atoms with Crippen LogP contribution in [0.5, 0.6) is 0 Å². The maximum absolute atomic E-state index is 11.1. The lowest BCUT2D eigenvalue weighted by Gasteiger charge is -2.02. The van der Waals surface area contributed by atoms with Gasteiger partial charge in [-0.1, -0.05) is 30.3 Å². The number of hydrogen-bond donors (Lipinski definition) is 0. The minimum absolute atomic E-state index is 0.513. The van der Waals surface area contributed by atoms with Crippen LogP contribution in [0.2, 0.25) is 0 Å². The Balaban J connectivity index is 2.93. The van der Waals surface area contributed by atoms with Gasteiger partial charge in [0.1, 0.15) is 0 Å². The molecule has 0 saturated carbocycles. The zero-order valence-electron chi connectivity index (χ0n) is 7.23. The van der Waals surface area contributed by atoms with E-state index in [2.05, 4.69) is 9.58 Å². The maximum atomic E-state index is 11.1. The normalized spacial score (nSPS) is 11.4. The van der Waals surface area contributed by atoms with E-state index in [1.165, 1.54) is 7.11 Å². The van der Waals surface area contributed by atoms with Crippen LogP contribution < -0.4 is 0 Å². The molecule has 13 heavy (non-hydrogen) atoms. The summed E-state index contributed by atoms with van der Waals surface area (Å²) < 4.78 is 4.50. The van der Waals surface area contributed by atoms with Crippen LogP contribution in [0.4, 0.5) is 0 Å². The van der Waals surface area contributed by atoms with E-state index in [4.69, 9.17) is 6.57 Å². The van der Waals surface area contributed by atoms with Gasteiger partial charge >= 0.3 is 12.0 Å². The lowest BCUT2D eigenvalue weighted by atomic mass is 10.1. The lowest BCUT2D eigenvalue weighted by molar-refractivity contribution is -0.141. The molecular weight excluding hydrogens is 166 g/mol. The van der Waals surface area contributed by atoms with Crippen molar-refractivity contribution in [2.45, 2.75) is 6.04 Å². The van der Waals surface area contributed by atoms with E-state index in [-0.39, 0.29) is 0 Å². The lowest BCUT2D eigenvalue weighted by Crippen LogP contribution is -2.10. The number of esters is 1. The molecule has 0 bridgehead atoms. The fourth-order valence-electron chi connectivity index (χ4n) is 1.01. The summed E-state index contributed by atoms with van der Waals surface area (Å²) in [7, 11) is 1.28. The van der Waals surface area contributed by atoms with E-state index in [0.29, 0.717) is 5.56 Å². The average Bonchev–Trinajstić information content (AvgIpc) is 2.20. The van der Waals surface area contributed by atoms with Crippen molar-refractivity contribution < 1.29 is 9.53 Å². The van der Waals surface area contributed by atoms with Crippen LogP contribution in [-0.2, 0) is 9.53 Å². The maximum Gasteiger partial charge on any atom is 0.395 e. The van der Waals surface area contributed by atoms with Gasteiger partial charge in [-0.15, -0.1) is 0 Å². The third kappa shape index (κ3) is 2.06. The second-order valence-electron chi connectivity index (χ2n) is 2.47. The Morgan fingerprint density at radius 2 is 2.08 bits per heavy atom. The summed E-state index contributed by atoms with van der Waals surface area (Å²) in [6.45, 7) is 6.86. The van der Waals surface area contributed by atoms with Crippen LogP contribution in [0, 0.1) is 6.57 Å². The fourth-order valence-corrected chi connectivity index (χ4v) is 1.01. The molecule has 0 spiro atoms. The number of methoxy groups -OCH3 is 1. The second kappa shape index (κ2) is 4.27. The van der Waals surface area contributed by atoms with Crippen LogP contribution in [0.1, 0.15) is 11.6 Å². The first-order valence-corrected chi connectivity index (χ1v) is 3.79. The number of benzene rings is 1. The Labute approximate surface area is 76.8 Å². The van der Waals surface area contributed by atoms with E-state index in [9.17, 15) is 4.79 Å². The molecule has 3 heteroatoms. The topological polar surface area (TPSA) is 30.7 Å². The van der Waals surface area contributed by atoms with Crippen molar-refractivity contribution in [1.82, 2.24) is 0 Å². The summed E-state index contributed by atoms with van der Waals surface area (Å²) in [5, 5.41) is 0. The van der Waals surface area contributed by atoms with E-state index < -0.39 is 12.0 Å². The highest BCUT2D eigenvalue weighted by Crippen LogP contribution is 2.17. The Kier molecular flexibility index (Phi) is 3.04. The van der Waals surface area contributed by atoms with Crippen molar-refractivity contribution >= 4 is 5.97 Å². The van der Waals surface area contributed by atoms with Gasteiger partial charge in [0.05, 0.1) is 7.11 Å². The van der Waals surface area contributed by atoms with Gasteiger partial charge in [-0.2, -0.15) is 0 Å². The molecule has 0 radical (unpaired) electrons. The number of nitrogens with zero attached hydrogens (tertiary/aromatic N) is 1. The predicted molar refractivity (Wildman–Crippen MR) is 47.8 cm³/mol. The molecule has 1 aromatic rings. The standard InChI is InChI=1S/C10H9NO2/c1-11-9(10(12)13-2)8-6-4-3-5-7-8/h3-7,9H,2H3. The third-order valence-electron chi connectivity index (χ3n) is 1.67. The summed E-state index contributed by atoms with van der Waals surface area (Å²) in [6, 6.07) is 8.06. The molecule has 0 aromatic heterocycles. The minimum atomic E-state index is -0.828. The van der Waals surface area contributed by atoms with Crippen LogP contribution in [0.3, 0.4) is 0 Å². The molecule has 0 aliphatic rings. The molecule has 66 valence electrons. The molecule has 1 rings (SSSR count). The number of hydrogen-bond acceptors (Lipinski definition) is 2. The van der Waals surface area contributed by atoms with Crippen LogP contribution in [-0.4, -0.2) is 13.1 Å². The number of ether oxygens (including phenoxy) is 1. The first-order valence-electron chi connectivity index (χ1n) is 3.79. The molecule has 1 atom stereocenters. The van der Waals surface area contributed by atoms with Crippen LogP contribution >= 0.6 is 0 Å². The molecule has 1 unspecified atom stereocenters. The van der Waals surface area contributed by atoms with Crippen molar-refractivity contribution in [2.24, 2.45) is 0 Å². The van der Waals surface area contributed by atoms with Gasteiger partial charge in [-0.05, 0) is 0 Å². The summed E-state index contributed by atoms with van der Waals surface area (Å²) in [5.74, 6) is -0.513. The molecule has 0 saturated heterocycles. The first kappa shape index (κ1) is 9.27. The van der Waals surface area contributed by atoms with Crippen molar-refractivity contribution in [3.63, 3.8) is 0 Å². The number of rotatable bonds is 2. The molecule has 1 aromatic carbocycles. The molecule has 0 fully saturated rings. The van der Waals surface area contributed by atoms with Gasteiger partial charge in [0.2, 0.25) is 0 Å². The number of carbonyl (C=O) groups excluding carboxylic acids is 1. The molecule has 0 heterocycles. The zero-order chi connectivity index (χ0) is 9.68. The Hall–Kier alpha value is -1.82. The van der Waals surface area contributed by atoms with Gasteiger partial charge < -0.3 is 4.74 Å². The van der Waals surface area contributed by atoms with Crippen molar-refractivity contribution in [3.8, 4) is 0 Å². The van der Waals surface area contributed by atoms with Gasteiger partial charge in [-0.3, -0.25) is 4.85 Å². The number of carbonyl (C=O) groups is 1. The Morgan fingerprint density at radius 1 is 1.46 bits per heavy atom. The molecule has 0 amide bonds. The molecule has 0 aliphatic carbocycles. The molecular formula is C10H9NO2. The van der Waals surface area contributed by atoms with E-state index >= 15 is 0 Å². The first-order chi connectivity index (χ1) is 6.29. The zero-order valence-corrected chi connectivity index (χ0v) is 7.23. The molecule has 0 aliphatic heterocycles. The predicted octanol–water partition coefficient (Wildman–Crippen LogP) is 1.82. The molecule has 0 N–H and O–H groups in total. The Morgan fingerprint density at radius 3 is 2.54 bits per heavy atom. The van der Waals surface area contributed by atoms with Crippen LogP contribution in [0.25, 0.3) is 4.85 Å². The minimum Gasteiger partial charge on any atom is -0.463 e. The van der Waals surface area contributed by atoms with E-state index in [0.717, 1.165) is 0 Å². The summed E-state index contributed by atoms with van der Waals surface area (Å²) >= 11 is 0. The summed E-state index contributed by atoms with van der Waals surface area (Å²) in [4.78, 5) is 14.3. The van der Waals surface area contributed by atoms with Gasteiger partial charge in [0.25, 0.3) is 0 Å². The van der Waals surface area contributed by atoms with E-state index in [1.807, 2.05) is 6.07 Å². The quantitative estimate of drug-likeness (QED) is 0.507. The fraction of sp³-hybridized carbons (Fsp3) is 0.200. The monoisotopic (exact) mass is 175 g/mol. The van der Waals surface area contributed by atoms with E-state index in [1.54, 1.807) is 24.3 Å². The van der Waals surface area contributed by atoms with Crippen molar-refractivity contribution in [2.75, 3.05) is 7.11 Å². The van der Waals surface area contributed by atoms with Gasteiger partial charge in [0, 0.05) is 5.56 Å². The molecule has 3 nitrogen and oxygen atoms in total. The highest BCUT2D eigenvalue weighted by Gasteiger charge is 2.25. The highest BCUT2D eigenvalue weighted by atomic mass is 16.5. The van der Waals surface area contributed by atoms with Gasteiger partial charge in [0.15, 0.2) is 0 Å².